The summed E-state index contributed by atoms with van der Waals surface area (Å²) in [5.41, 5.74) is 10.4. The molecule has 0 fully saturated rings. The van der Waals surface area contributed by atoms with Crippen LogP contribution >= 0.6 is 0 Å². The minimum absolute atomic E-state index is 0.0134. The van der Waals surface area contributed by atoms with Crippen LogP contribution in [0.1, 0.15) is 155 Å². The highest BCUT2D eigenvalue weighted by Gasteiger charge is 2.17. The Labute approximate surface area is 831 Å². The highest BCUT2D eigenvalue weighted by molar-refractivity contribution is 6.13. The van der Waals surface area contributed by atoms with E-state index in [4.69, 9.17) is 25.5 Å². The van der Waals surface area contributed by atoms with E-state index in [0.29, 0.717) is 80.0 Å². The lowest BCUT2D eigenvalue weighted by molar-refractivity contribution is -0.128. The molecule has 28 heteroatoms. The van der Waals surface area contributed by atoms with E-state index >= 15 is 0 Å². The summed E-state index contributed by atoms with van der Waals surface area (Å²) in [6.07, 6.45) is 21.1. The zero-order chi connectivity index (χ0) is 105. The van der Waals surface area contributed by atoms with E-state index in [0.717, 1.165) is 55.6 Å². The third-order valence-corrected chi connectivity index (χ3v) is 21.1. The number of carbonyl (C=O) groups is 12. The van der Waals surface area contributed by atoms with Gasteiger partial charge in [0.15, 0.2) is 57.7 Å². The SMILES string of the molecule is O=C(/C=C/c1ccc(O)cc1)CC(=O)/C=C/c1ccc(O)c(CO)c1.O=C(/C=C/c1ccc(O)cc1)CC(=O)/C=C/c1ccc(O)c(O)c1.O=C(/C=C/c1ccc(O)cc1)CC(=O)/C=C/c1ccc(O)cc1.O=C(CCc1ccc(O)cc1)CC(=O)CCc1ccc(O)c(CO)c1.O=C(CCc1ccc(O)cc1)CC(=O)CCc1ccc(O)c(O)c1.O=C(CCc1ccc(O)cc1)CC(=O)CCc1ccc(O)cc1. The molecular weight excluding hydrogens is 1840 g/mol. The van der Waals surface area contributed by atoms with Gasteiger partial charge in [0.25, 0.3) is 0 Å². The predicted molar refractivity (Wildman–Crippen MR) is 544 cm³/mol. The molecule has 0 aliphatic rings. The molecule has 0 radical (unpaired) electrons. The quantitative estimate of drug-likeness (QED) is 0.00958. The number of carbonyl (C=O) groups excluding carboxylic acids is 12. The van der Waals surface area contributed by atoms with Crippen LogP contribution in [0.15, 0.2) is 303 Å². The van der Waals surface area contributed by atoms with Crippen molar-refractivity contribution in [3.05, 3.63) is 381 Å². The summed E-state index contributed by atoms with van der Waals surface area (Å²) >= 11 is 0. The van der Waals surface area contributed by atoms with Crippen LogP contribution in [0, 0.1) is 0 Å². The minimum Gasteiger partial charge on any atom is -0.508 e. The van der Waals surface area contributed by atoms with Gasteiger partial charge in [-0.2, -0.15) is 0 Å². The minimum atomic E-state index is -0.372. The second kappa shape index (κ2) is 60.8. The van der Waals surface area contributed by atoms with Gasteiger partial charge in [0.05, 0.1) is 51.7 Å². The summed E-state index contributed by atoms with van der Waals surface area (Å²) < 4.78 is 0. The van der Waals surface area contributed by atoms with Gasteiger partial charge in [0, 0.05) is 49.7 Å². The second-order valence-corrected chi connectivity index (χ2v) is 32.9. The number of benzene rings is 12. The smallest absolute Gasteiger partial charge is 0.163 e. The number of phenolic OH excluding ortho intramolecular Hbond substituents is 12. The summed E-state index contributed by atoms with van der Waals surface area (Å²) in [4.78, 5) is 142. The summed E-state index contributed by atoms with van der Waals surface area (Å²) in [5, 5.41) is 148. The number of hydrogen-bond donors (Lipinski definition) is 16. The average molecular weight is 1950 g/mol. The lowest BCUT2D eigenvalue weighted by Crippen LogP contribution is -2.09. The van der Waals surface area contributed by atoms with Crippen molar-refractivity contribution in [3.8, 4) is 80.5 Å². The average Bonchev–Trinajstić information content (AvgIpc) is 0.876. The summed E-state index contributed by atoms with van der Waals surface area (Å²) in [6.45, 7) is -0.564. The molecule has 16 N–H and O–H groups in total. The number of hydrogen-bond acceptors (Lipinski definition) is 28. The number of aromatic hydroxyl groups is 14. The van der Waals surface area contributed by atoms with Gasteiger partial charge in [-0.3, -0.25) is 57.5 Å². The van der Waals surface area contributed by atoms with Crippen LogP contribution in [-0.4, -0.2) is 151 Å². The zero-order valence-corrected chi connectivity index (χ0v) is 78.5. The van der Waals surface area contributed by atoms with Gasteiger partial charge >= 0.3 is 0 Å². The molecule has 744 valence electrons. The molecule has 0 aliphatic carbocycles. The zero-order valence-electron chi connectivity index (χ0n) is 78.5. The van der Waals surface area contributed by atoms with E-state index in [1.807, 2.05) is 0 Å². The van der Waals surface area contributed by atoms with Crippen LogP contribution < -0.4 is 0 Å². The van der Waals surface area contributed by atoms with Crippen LogP contribution in [0.5, 0.6) is 80.5 Å². The number of ketones is 12. The van der Waals surface area contributed by atoms with Crippen molar-refractivity contribution in [1.82, 2.24) is 0 Å². The highest BCUT2D eigenvalue weighted by atomic mass is 16.3. The Kier molecular flexibility index (Phi) is 47.8. The molecule has 12 rings (SSSR count). The van der Waals surface area contributed by atoms with E-state index in [-0.39, 0.29) is 221 Å². The van der Waals surface area contributed by atoms with Crippen molar-refractivity contribution in [1.29, 1.82) is 0 Å². The largest absolute Gasteiger partial charge is 0.508 e. The Hall–Kier alpha value is -17.8. The van der Waals surface area contributed by atoms with Gasteiger partial charge in [-0.1, -0.05) is 158 Å². The predicted octanol–water partition coefficient (Wildman–Crippen LogP) is 18.0. The molecule has 12 aromatic rings. The molecule has 0 atom stereocenters. The van der Waals surface area contributed by atoms with Crippen LogP contribution in [0.3, 0.4) is 0 Å². The van der Waals surface area contributed by atoms with E-state index in [2.05, 4.69) is 0 Å². The Morgan fingerprint density at radius 2 is 0.354 bits per heavy atom. The monoisotopic (exact) mass is 1950 g/mol. The van der Waals surface area contributed by atoms with Crippen molar-refractivity contribution >= 4 is 106 Å². The van der Waals surface area contributed by atoms with Crippen molar-refractivity contribution in [2.24, 2.45) is 0 Å². The Balaban J connectivity index is 0.000000234. The van der Waals surface area contributed by atoms with E-state index in [9.17, 15) is 114 Å². The fourth-order valence-electron chi connectivity index (χ4n) is 13.0. The maximum absolute atomic E-state index is 12.0. The second-order valence-electron chi connectivity index (χ2n) is 32.9. The van der Waals surface area contributed by atoms with Gasteiger partial charge in [-0.15, -0.1) is 0 Å². The molecule has 28 nitrogen and oxygen atoms in total. The fourth-order valence-corrected chi connectivity index (χ4v) is 13.0. The summed E-state index contributed by atoms with van der Waals surface area (Å²) in [6, 6.07) is 70.2. The number of allylic oxidation sites excluding steroid dienone is 6. The van der Waals surface area contributed by atoms with Crippen molar-refractivity contribution < 1.29 is 139 Å². The molecule has 0 spiro atoms. The molecule has 0 aromatic heterocycles. The molecule has 12 aromatic carbocycles. The first kappa shape index (κ1) is 113. The summed E-state index contributed by atoms with van der Waals surface area (Å²) in [5.74, 6) is -2.13. The number of rotatable bonds is 44. The first-order chi connectivity index (χ1) is 68.9. The van der Waals surface area contributed by atoms with Crippen molar-refractivity contribution in [3.63, 3.8) is 0 Å². The van der Waals surface area contributed by atoms with Gasteiger partial charge < -0.3 is 81.7 Å². The molecule has 0 heterocycles. The summed E-state index contributed by atoms with van der Waals surface area (Å²) in [7, 11) is 0. The highest BCUT2D eigenvalue weighted by Crippen LogP contribution is 2.29. The maximum Gasteiger partial charge on any atom is 0.163 e. The third kappa shape index (κ3) is 46.1. The van der Waals surface area contributed by atoms with E-state index in [1.165, 1.54) is 140 Å². The number of aliphatic hydroxyl groups excluding tert-OH is 2. The van der Waals surface area contributed by atoms with Crippen molar-refractivity contribution in [2.45, 2.75) is 129 Å². The Morgan fingerprint density at radius 1 is 0.174 bits per heavy atom. The fraction of sp³-hybridized carbons (Fsp3) is 0.172. The number of phenols is 14. The van der Waals surface area contributed by atoms with Gasteiger partial charge in [0.1, 0.15) is 92.2 Å². The molecule has 0 saturated carbocycles. The number of aryl methyl sites for hydroxylation is 6. The lowest BCUT2D eigenvalue weighted by Gasteiger charge is -2.06. The van der Waals surface area contributed by atoms with Crippen molar-refractivity contribution in [2.75, 3.05) is 0 Å². The van der Waals surface area contributed by atoms with E-state index in [1.54, 1.807) is 200 Å². The molecule has 0 amide bonds. The van der Waals surface area contributed by atoms with Gasteiger partial charge in [0.2, 0.25) is 0 Å². The van der Waals surface area contributed by atoms with Crippen LogP contribution in [0.2, 0.25) is 0 Å². The number of aliphatic hydroxyl groups is 2. The normalized spacial score (nSPS) is 10.8. The molecule has 0 bridgehead atoms. The molecule has 0 unspecified atom stereocenters. The maximum atomic E-state index is 12.0. The molecular formula is C116H112O28. The van der Waals surface area contributed by atoms with Crippen LogP contribution in [-0.2, 0) is 109 Å². The van der Waals surface area contributed by atoms with Crippen LogP contribution in [0.4, 0.5) is 0 Å². The molecule has 0 saturated heterocycles. The standard InChI is InChI=1S/C20H22O5.C20H18O5.C19H20O5.C19H16O5.C19H20O4.C19H16O4/c2*21-13-16-11-15(5-10-20(16)25)4-9-19(24)12-18(23)8-3-14-1-6-17(22)7-2-14;2*20-15-6-1-13(2-7-15)3-8-16(21)12-17(22)9-4-14-5-10-18(23)19(24)11-14;2*20-16-7-1-14(2-8-16)5-11-18(22)13-19(23)12-6-15-3-9-17(21)10-4-15/h1-2,5-7,10-11,21-22,25H,3-4,8-9,12-13H2;1-11,21-22,25H,12-13H2;1-2,5-7,10-11,20,23-24H,3-4,8-9,12H2;1-11,20,23-24H,12H2;1-4,7-10,20-21H,5-6,11-13H2;1-12,20-21H,13H2/b;8-3+,9-4+;;8-3+,9-4+;;11-5+,12-6+. The Morgan fingerprint density at radius 3 is 0.597 bits per heavy atom. The molecule has 0 aliphatic heterocycles. The topological polar surface area (TPSA) is 529 Å². The third-order valence-electron chi connectivity index (χ3n) is 21.1. The first-order valence-electron chi connectivity index (χ1n) is 45.4. The van der Waals surface area contributed by atoms with Gasteiger partial charge in [-0.25, -0.2) is 0 Å². The molecule has 144 heavy (non-hydrogen) atoms. The first-order valence-corrected chi connectivity index (χ1v) is 45.4. The Bertz CT molecular complexity index is 6380. The van der Waals surface area contributed by atoms with Crippen LogP contribution in [0.25, 0.3) is 36.5 Å². The van der Waals surface area contributed by atoms with E-state index < -0.39 is 0 Å². The lowest BCUT2D eigenvalue weighted by atomic mass is 10.0. The number of Topliss-reactive ketones (excluding diaryl/α,β-unsaturated/α-hetero) is 6. The van der Waals surface area contributed by atoms with Gasteiger partial charge in [-0.05, 0) is 287 Å².